The lowest BCUT2D eigenvalue weighted by Gasteiger charge is -2.12. The first-order valence-corrected chi connectivity index (χ1v) is 11.9. The van der Waals surface area contributed by atoms with Crippen molar-refractivity contribution in [3.63, 3.8) is 0 Å². The summed E-state index contributed by atoms with van der Waals surface area (Å²) < 4.78 is 15.8. The molecule has 0 saturated carbocycles. The van der Waals surface area contributed by atoms with Gasteiger partial charge in [0.05, 0.1) is 7.11 Å². The number of hydrogen-bond acceptors (Lipinski definition) is 3. The summed E-state index contributed by atoms with van der Waals surface area (Å²) in [5.41, 5.74) is 4.61. The second kappa shape index (κ2) is 9.19. The molecule has 2 aromatic heterocycles. The summed E-state index contributed by atoms with van der Waals surface area (Å²) in [7, 11) is 1.62. The average molecular weight is 474 g/mol. The number of imidazole rings is 1. The number of rotatable bonds is 7. The monoisotopic (exact) mass is 473 g/mol. The maximum Gasteiger partial charge on any atom is 0.246 e. The molecule has 0 amide bonds. The molecule has 36 heavy (non-hydrogen) atoms. The number of hydrogen-bond donors (Lipinski definition) is 0. The Kier molecular flexibility index (Phi) is 5.58. The minimum atomic E-state index is -0.194. The van der Waals surface area contributed by atoms with E-state index in [1.54, 1.807) is 7.11 Å². The highest BCUT2D eigenvalue weighted by Gasteiger charge is 2.29. The molecule has 6 aromatic rings. The van der Waals surface area contributed by atoms with Crippen LogP contribution in [0.15, 0.2) is 120 Å². The van der Waals surface area contributed by atoms with Crippen LogP contribution in [0.1, 0.15) is 27.7 Å². The quantitative estimate of drug-likeness (QED) is 0.205. The molecule has 0 bridgehead atoms. The number of Topliss-reactive ketones (excluding diaryl/α,β-unsaturated/α-hetero) is 1. The summed E-state index contributed by atoms with van der Waals surface area (Å²) in [4.78, 5) is 13.2. The van der Waals surface area contributed by atoms with Gasteiger partial charge in [-0.3, -0.25) is 4.79 Å². The molecule has 0 saturated heterocycles. The molecular weight excluding hydrogens is 448 g/mol. The Balaban J connectivity index is 1.47. The number of carbonyl (C=O) groups excluding carboxylic acids is 1. The van der Waals surface area contributed by atoms with Crippen molar-refractivity contribution >= 4 is 27.8 Å². The highest BCUT2D eigenvalue weighted by molar-refractivity contribution is 5.95. The van der Waals surface area contributed by atoms with E-state index in [0.717, 1.165) is 39.1 Å². The maximum atomic E-state index is 13.2. The van der Waals surface area contributed by atoms with Crippen LogP contribution in [0.5, 0.6) is 5.75 Å². The molecule has 1 atom stereocenters. The van der Waals surface area contributed by atoms with Gasteiger partial charge in [0.25, 0.3) is 0 Å². The number of furan rings is 1. The molecule has 0 aliphatic rings. The van der Waals surface area contributed by atoms with Crippen LogP contribution >= 0.6 is 0 Å². The predicted octanol–water partition coefficient (Wildman–Crippen LogP) is 6.20. The third kappa shape index (κ3) is 3.95. The number of fused-ring (bicyclic) bond motifs is 2. The fourth-order valence-corrected chi connectivity index (χ4v) is 4.79. The topological polar surface area (TPSA) is 48.2 Å². The standard InChI is InChI=1S/C31H25N2O3/c1-35-25-17-15-22(16-18-25)28(34)20-32-21-33(27-13-7-6-12-26(27)32)31(23-9-3-2-4-10-23)30-19-24-11-5-8-14-29(24)36-30/h2-19,21,31H,20H2,1H3/q+1. The van der Waals surface area contributed by atoms with Gasteiger partial charge in [0.2, 0.25) is 12.1 Å². The fraction of sp³-hybridized carbons (Fsp3) is 0.0968. The van der Waals surface area contributed by atoms with Gasteiger partial charge in [-0.15, -0.1) is 0 Å². The van der Waals surface area contributed by atoms with Crippen LogP contribution < -0.4 is 9.30 Å². The number of ether oxygens (including phenoxy) is 1. The lowest BCUT2D eigenvalue weighted by atomic mass is 10.0. The van der Waals surface area contributed by atoms with E-state index in [2.05, 4.69) is 34.9 Å². The van der Waals surface area contributed by atoms with Gasteiger partial charge >= 0.3 is 0 Å². The number of benzene rings is 4. The molecule has 6 rings (SSSR count). The highest BCUT2D eigenvalue weighted by Crippen LogP contribution is 2.33. The van der Waals surface area contributed by atoms with Crippen molar-refractivity contribution < 1.29 is 18.5 Å². The van der Waals surface area contributed by atoms with E-state index in [1.807, 2.05) is 89.8 Å². The average Bonchev–Trinajstić information content (AvgIpc) is 3.51. The molecule has 4 aromatic carbocycles. The summed E-state index contributed by atoms with van der Waals surface area (Å²) in [6.45, 7) is 0.224. The molecule has 0 aliphatic carbocycles. The molecule has 176 valence electrons. The third-order valence-corrected chi connectivity index (χ3v) is 6.57. The summed E-state index contributed by atoms with van der Waals surface area (Å²) in [6.07, 6.45) is 2.02. The molecular formula is C31H25N2O3+. The SMILES string of the molecule is COc1ccc(C(=O)C[n+]2cn(C(c3ccccc3)c3cc4ccccc4o3)c3ccccc32)cc1. The Labute approximate surface area is 208 Å². The normalized spacial score (nSPS) is 12.1. The van der Waals surface area contributed by atoms with Crippen LogP contribution in [-0.2, 0) is 6.54 Å². The number of ketones is 1. The Morgan fingerprint density at radius 3 is 2.39 bits per heavy atom. The predicted molar refractivity (Wildman–Crippen MR) is 139 cm³/mol. The van der Waals surface area contributed by atoms with E-state index in [0.29, 0.717) is 5.56 Å². The molecule has 5 heteroatoms. The van der Waals surface area contributed by atoms with Crippen LogP contribution in [-0.4, -0.2) is 17.5 Å². The molecule has 0 radical (unpaired) electrons. The minimum absolute atomic E-state index is 0.0329. The first-order chi connectivity index (χ1) is 17.7. The molecule has 1 unspecified atom stereocenters. The van der Waals surface area contributed by atoms with Crippen LogP contribution in [0.25, 0.3) is 22.0 Å². The Morgan fingerprint density at radius 2 is 1.61 bits per heavy atom. The van der Waals surface area contributed by atoms with Gasteiger partial charge in [-0.25, -0.2) is 9.13 Å². The smallest absolute Gasteiger partial charge is 0.246 e. The summed E-state index contributed by atoms with van der Waals surface area (Å²) in [5, 5.41) is 1.06. The zero-order chi connectivity index (χ0) is 24.5. The largest absolute Gasteiger partial charge is 0.497 e. The van der Waals surface area contributed by atoms with Crippen molar-refractivity contribution in [3.8, 4) is 5.75 Å². The van der Waals surface area contributed by atoms with Gasteiger partial charge in [0.1, 0.15) is 11.3 Å². The third-order valence-electron chi connectivity index (χ3n) is 6.57. The number of para-hydroxylation sites is 3. The van der Waals surface area contributed by atoms with Gasteiger partial charge in [0, 0.05) is 16.5 Å². The zero-order valence-electron chi connectivity index (χ0n) is 19.9. The van der Waals surface area contributed by atoms with Crippen LogP contribution in [0, 0.1) is 0 Å². The fourth-order valence-electron chi connectivity index (χ4n) is 4.79. The summed E-state index contributed by atoms with van der Waals surface area (Å²) in [5.74, 6) is 1.61. The minimum Gasteiger partial charge on any atom is -0.497 e. The number of methoxy groups -OCH3 is 1. The van der Waals surface area contributed by atoms with Gasteiger partial charge < -0.3 is 9.15 Å². The van der Waals surface area contributed by atoms with Crippen molar-refractivity contribution in [1.82, 2.24) is 4.57 Å². The molecule has 5 nitrogen and oxygen atoms in total. The van der Waals surface area contributed by atoms with Crippen molar-refractivity contribution in [2.75, 3.05) is 7.11 Å². The molecule has 0 N–H and O–H groups in total. The van der Waals surface area contributed by atoms with E-state index >= 15 is 0 Å². The number of aromatic nitrogens is 2. The molecule has 0 spiro atoms. The first kappa shape index (κ1) is 21.9. The van der Waals surface area contributed by atoms with E-state index in [9.17, 15) is 4.79 Å². The lowest BCUT2D eigenvalue weighted by molar-refractivity contribution is -0.658. The molecule has 0 aliphatic heterocycles. The first-order valence-electron chi connectivity index (χ1n) is 11.9. The van der Waals surface area contributed by atoms with Gasteiger partial charge in [-0.05, 0) is 48.5 Å². The maximum absolute atomic E-state index is 13.2. The number of carbonyl (C=O) groups is 1. The van der Waals surface area contributed by atoms with E-state index in [1.165, 1.54) is 0 Å². The van der Waals surface area contributed by atoms with Gasteiger partial charge in [0.15, 0.2) is 29.4 Å². The molecule has 0 fully saturated rings. The summed E-state index contributed by atoms with van der Waals surface area (Å²) in [6, 6.07) is 35.7. The van der Waals surface area contributed by atoms with E-state index < -0.39 is 0 Å². The van der Waals surface area contributed by atoms with Gasteiger partial charge in [-0.2, -0.15) is 0 Å². The van der Waals surface area contributed by atoms with Gasteiger partial charge in [-0.1, -0.05) is 60.7 Å². The zero-order valence-corrected chi connectivity index (χ0v) is 19.9. The van der Waals surface area contributed by atoms with Crippen molar-refractivity contribution in [2.24, 2.45) is 0 Å². The van der Waals surface area contributed by atoms with Crippen molar-refractivity contribution in [3.05, 3.63) is 132 Å². The Morgan fingerprint density at radius 1 is 0.889 bits per heavy atom. The van der Waals surface area contributed by atoms with Crippen LogP contribution in [0.3, 0.4) is 0 Å². The Hall–Kier alpha value is -4.64. The second-order valence-corrected chi connectivity index (χ2v) is 8.79. The summed E-state index contributed by atoms with van der Waals surface area (Å²) >= 11 is 0. The van der Waals surface area contributed by atoms with Crippen molar-refractivity contribution in [1.29, 1.82) is 0 Å². The Bertz CT molecular complexity index is 1630. The van der Waals surface area contributed by atoms with Crippen LogP contribution in [0.2, 0.25) is 0 Å². The van der Waals surface area contributed by atoms with Crippen molar-refractivity contribution in [2.45, 2.75) is 12.6 Å². The lowest BCUT2D eigenvalue weighted by Crippen LogP contribution is -2.37. The van der Waals surface area contributed by atoms with E-state index in [-0.39, 0.29) is 18.4 Å². The second-order valence-electron chi connectivity index (χ2n) is 8.79. The highest BCUT2D eigenvalue weighted by atomic mass is 16.5. The molecule has 2 heterocycles. The number of nitrogens with zero attached hydrogens (tertiary/aromatic N) is 2. The van der Waals surface area contributed by atoms with E-state index in [4.69, 9.17) is 9.15 Å². The van der Waals surface area contributed by atoms with Crippen LogP contribution in [0.4, 0.5) is 0 Å².